The molecule has 0 fully saturated rings. The van der Waals surface area contributed by atoms with Gasteiger partial charge in [-0.3, -0.25) is 9.36 Å². The van der Waals surface area contributed by atoms with Crippen molar-refractivity contribution in [3.8, 4) is 0 Å². The summed E-state index contributed by atoms with van der Waals surface area (Å²) >= 11 is 8.41. The highest BCUT2D eigenvalue weighted by atomic mass is 35.5. The first-order valence-electron chi connectivity index (χ1n) is 9.31. The van der Waals surface area contributed by atoms with Crippen molar-refractivity contribution < 1.29 is 9.53 Å². The van der Waals surface area contributed by atoms with Gasteiger partial charge < -0.3 is 10.5 Å². The minimum absolute atomic E-state index is 0.117. The number of nitrogen functional groups attached to an aromatic ring is 1. The highest BCUT2D eigenvalue weighted by Crippen LogP contribution is 2.36. The Morgan fingerprint density at radius 1 is 1.23 bits per heavy atom. The van der Waals surface area contributed by atoms with Crippen LogP contribution in [0.3, 0.4) is 0 Å². The minimum Gasteiger partial charge on any atom is -0.461 e. The van der Waals surface area contributed by atoms with Gasteiger partial charge in [-0.05, 0) is 42.4 Å². The van der Waals surface area contributed by atoms with Crippen LogP contribution in [0.2, 0.25) is 5.02 Å². The van der Waals surface area contributed by atoms with Gasteiger partial charge in [-0.2, -0.15) is 0 Å². The Balaban J connectivity index is 1.85. The number of thiazole rings is 1. The number of rotatable bonds is 6. The quantitative estimate of drug-likeness (QED) is 0.326. The molecule has 2 heterocycles. The largest absolute Gasteiger partial charge is 0.461 e. The van der Waals surface area contributed by atoms with Gasteiger partial charge in [0.05, 0.1) is 24.1 Å². The summed E-state index contributed by atoms with van der Waals surface area (Å²) in [6.45, 7) is 2.24. The number of halogens is 1. The minimum atomic E-state index is -0.567. The van der Waals surface area contributed by atoms with Crippen molar-refractivity contribution >= 4 is 56.7 Å². The van der Waals surface area contributed by atoms with E-state index >= 15 is 0 Å². The molecule has 0 bridgehead atoms. The summed E-state index contributed by atoms with van der Waals surface area (Å²) in [4.78, 5) is 34.4. The zero-order valence-corrected chi connectivity index (χ0v) is 18.8. The third-order valence-corrected chi connectivity index (χ3v) is 6.62. The molecule has 0 saturated carbocycles. The highest BCUT2D eigenvalue weighted by Gasteiger charge is 2.22. The highest BCUT2D eigenvalue weighted by molar-refractivity contribution is 8.01. The summed E-state index contributed by atoms with van der Waals surface area (Å²) in [5.41, 5.74) is 7.18. The summed E-state index contributed by atoms with van der Waals surface area (Å²) in [5.74, 6) is -0.567. The van der Waals surface area contributed by atoms with E-state index in [1.807, 2.05) is 30.3 Å². The maximum atomic E-state index is 13.3. The van der Waals surface area contributed by atoms with Gasteiger partial charge in [-0.1, -0.05) is 53.3 Å². The zero-order valence-electron chi connectivity index (χ0n) is 16.4. The summed E-state index contributed by atoms with van der Waals surface area (Å²) in [6.07, 6.45) is 0. The molecule has 4 aromatic rings. The molecule has 158 valence electrons. The van der Waals surface area contributed by atoms with E-state index in [1.54, 1.807) is 29.7 Å². The fourth-order valence-electron chi connectivity index (χ4n) is 2.96. The molecule has 0 radical (unpaired) electrons. The molecule has 2 aromatic carbocycles. The van der Waals surface area contributed by atoms with Crippen LogP contribution in [0.4, 0.5) is 5.13 Å². The average Bonchev–Trinajstić information content (AvgIpc) is 3.12. The number of nitrogens with two attached hydrogens (primary N) is 1. The predicted octanol–water partition coefficient (Wildman–Crippen LogP) is 4.46. The molecule has 0 aliphatic rings. The Morgan fingerprint density at radius 2 is 2.00 bits per heavy atom. The number of hydrogen-bond acceptors (Lipinski definition) is 8. The van der Waals surface area contributed by atoms with Gasteiger partial charge in [0.15, 0.2) is 16.0 Å². The Kier molecular flexibility index (Phi) is 6.26. The molecule has 0 amide bonds. The van der Waals surface area contributed by atoms with Crippen LogP contribution >= 0.6 is 34.7 Å². The summed E-state index contributed by atoms with van der Waals surface area (Å²) < 4.78 is 7.16. The number of anilines is 1. The third-order valence-electron chi connectivity index (χ3n) is 4.33. The third kappa shape index (κ3) is 4.58. The molecule has 31 heavy (non-hydrogen) atoms. The van der Waals surface area contributed by atoms with E-state index < -0.39 is 5.97 Å². The smallest absolute Gasteiger partial charge is 0.359 e. The lowest BCUT2D eigenvalue weighted by Crippen LogP contribution is -2.24. The molecular weight excluding hydrogens is 456 g/mol. The van der Waals surface area contributed by atoms with E-state index in [-0.39, 0.29) is 23.0 Å². The topological polar surface area (TPSA) is 100 Å². The number of hydrogen-bond donors (Lipinski definition) is 1. The normalized spacial score (nSPS) is 11.0. The molecule has 10 heteroatoms. The Labute approximate surface area is 190 Å². The first-order chi connectivity index (χ1) is 15.0. The van der Waals surface area contributed by atoms with Crippen molar-refractivity contribution in [3.63, 3.8) is 0 Å². The molecule has 0 unspecified atom stereocenters. The van der Waals surface area contributed by atoms with Gasteiger partial charge in [0.2, 0.25) is 0 Å². The van der Waals surface area contributed by atoms with Gasteiger partial charge in [-0.15, -0.1) is 0 Å². The van der Waals surface area contributed by atoms with Gasteiger partial charge >= 0.3 is 5.97 Å². The fourth-order valence-corrected chi connectivity index (χ4v) is 5.12. The van der Waals surface area contributed by atoms with E-state index in [0.717, 1.165) is 28.7 Å². The molecule has 7 nitrogen and oxygen atoms in total. The van der Waals surface area contributed by atoms with Crippen LogP contribution in [0.5, 0.6) is 0 Å². The number of ether oxygens (including phenoxy) is 1. The fraction of sp³-hybridized carbons (Fsp3) is 0.143. The molecular formula is C21H17ClN4O3S2. The molecule has 2 aromatic heterocycles. The van der Waals surface area contributed by atoms with Crippen LogP contribution in [-0.2, 0) is 11.3 Å². The van der Waals surface area contributed by atoms with Crippen molar-refractivity contribution in [3.05, 3.63) is 75.2 Å². The van der Waals surface area contributed by atoms with Crippen LogP contribution in [0.15, 0.2) is 62.7 Å². The standard InChI is InChI=1S/C21H17ClN4O3S2/c1-2-29-18(28)16-19(30-20(23)25-16)31-21-24-15-9-8-13(22)10-14(15)17(27)26(21)11-12-6-4-3-5-7-12/h3-10H,2,11H2,1H3,(H2,23,25). The number of carbonyl (C=O) groups excluding carboxylic acids is 1. The van der Waals surface area contributed by atoms with Crippen LogP contribution in [0.25, 0.3) is 10.9 Å². The molecule has 4 rings (SSSR count). The molecule has 0 spiro atoms. The number of benzene rings is 2. The zero-order chi connectivity index (χ0) is 22.0. The van der Waals surface area contributed by atoms with Crippen molar-refractivity contribution in [2.24, 2.45) is 0 Å². The van der Waals surface area contributed by atoms with E-state index in [1.165, 1.54) is 0 Å². The molecule has 2 N–H and O–H groups in total. The van der Waals surface area contributed by atoms with Gasteiger partial charge in [0.25, 0.3) is 5.56 Å². The van der Waals surface area contributed by atoms with Crippen molar-refractivity contribution in [2.45, 2.75) is 22.8 Å². The second kappa shape index (κ2) is 9.09. The number of fused-ring (bicyclic) bond motifs is 1. The number of nitrogens with zero attached hydrogens (tertiary/aromatic N) is 3. The second-order valence-corrected chi connectivity index (χ2v) is 9.15. The summed E-state index contributed by atoms with van der Waals surface area (Å²) in [6, 6.07) is 14.6. The van der Waals surface area contributed by atoms with E-state index in [0.29, 0.717) is 31.8 Å². The first kappa shape index (κ1) is 21.4. The Hall–Kier alpha value is -2.88. The SMILES string of the molecule is CCOC(=O)c1nc(N)sc1Sc1nc2ccc(Cl)cc2c(=O)n1Cc1ccccc1. The molecule has 0 aliphatic carbocycles. The first-order valence-corrected chi connectivity index (χ1v) is 11.3. The summed E-state index contributed by atoms with van der Waals surface area (Å²) in [5, 5.41) is 1.52. The Bertz CT molecular complexity index is 1320. The maximum absolute atomic E-state index is 13.3. The lowest BCUT2D eigenvalue weighted by atomic mass is 10.2. The number of esters is 1. The predicted molar refractivity (Wildman–Crippen MR) is 123 cm³/mol. The van der Waals surface area contributed by atoms with E-state index in [4.69, 9.17) is 22.1 Å². The number of aromatic nitrogens is 3. The molecule has 0 saturated heterocycles. The maximum Gasteiger partial charge on any atom is 0.359 e. The van der Waals surface area contributed by atoms with Crippen molar-refractivity contribution in [1.29, 1.82) is 0 Å². The van der Waals surface area contributed by atoms with Crippen molar-refractivity contribution in [2.75, 3.05) is 12.3 Å². The van der Waals surface area contributed by atoms with Crippen LogP contribution < -0.4 is 11.3 Å². The van der Waals surface area contributed by atoms with E-state index in [2.05, 4.69) is 9.97 Å². The second-order valence-electron chi connectivity index (χ2n) is 6.44. The molecule has 0 atom stereocenters. The average molecular weight is 473 g/mol. The van der Waals surface area contributed by atoms with Crippen molar-refractivity contribution in [1.82, 2.24) is 14.5 Å². The summed E-state index contributed by atoms with van der Waals surface area (Å²) in [7, 11) is 0. The van der Waals surface area contributed by atoms with Gasteiger partial charge in [-0.25, -0.2) is 14.8 Å². The van der Waals surface area contributed by atoms with E-state index in [9.17, 15) is 9.59 Å². The number of carbonyl (C=O) groups is 1. The molecule has 0 aliphatic heterocycles. The van der Waals surface area contributed by atoms with Gasteiger partial charge in [0.1, 0.15) is 4.21 Å². The lowest BCUT2D eigenvalue weighted by molar-refractivity contribution is 0.0516. The lowest BCUT2D eigenvalue weighted by Gasteiger charge is -2.13. The Morgan fingerprint density at radius 3 is 2.74 bits per heavy atom. The van der Waals surface area contributed by atoms with Gasteiger partial charge in [0, 0.05) is 5.02 Å². The monoisotopic (exact) mass is 472 g/mol. The van der Waals surface area contributed by atoms with Crippen LogP contribution in [0, 0.1) is 0 Å². The van der Waals surface area contributed by atoms with Crippen LogP contribution in [-0.4, -0.2) is 27.1 Å². The van der Waals surface area contributed by atoms with Crippen LogP contribution in [0.1, 0.15) is 23.0 Å².